The zero-order valence-corrected chi connectivity index (χ0v) is 6.99. The van der Waals surface area contributed by atoms with Crippen LogP contribution in [-0.2, 0) is 44.4 Å². The Hall–Kier alpha value is 1.36. The van der Waals surface area contributed by atoms with Gasteiger partial charge in [0.05, 0.1) is 0 Å². The van der Waals surface area contributed by atoms with E-state index in [2.05, 4.69) is 0 Å². The van der Waals surface area contributed by atoms with Crippen molar-refractivity contribution in [2.24, 2.45) is 0 Å². The molecule has 4 heteroatoms. The third-order valence-corrected chi connectivity index (χ3v) is 0. The molecule has 0 aliphatic rings. The van der Waals surface area contributed by atoms with Gasteiger partial charge in [-0.3, -0.25) is 0 Å². The first-order valence-corrected chi connectivity index (χ1v) is 0. The molecule has 0 spiro atoms. The Balaban J connectivity index is 0. The Morgan fingerprint density at radius 2 is 0.750 bits per heavy atom. The topological polar surface area (TPSA) is 63.0 Å². The minimum absolute atomic E-state index is 0. The smallest absolute Gasteiger partial charge is 0 e. The van der Waals surface area contributed by atoms with Gasteiger partial charge >= 0.3 is 0 Å². The van der Waals surface area contributed by atoms with E-state index in [1.807, 2.05) is 0 Å². The minimum atomic E-state index is 0. The van der Waals surface area contributed by atoms with E-state index in [9.17, 15) is 0 Å². The Bertz CT molecular complexity index is 6.00. The Kier molecular flexibility index (Phi) is 366. The molecule has 0 aliphatic heterocycles. The molecule has 0 fully saturated rings. The van der Waals surface area contributed by atoms with E-state index in [4.69, 9.17) is 0 Å². The van der Waals surface area contributed by atoms with Crippen LogP contribution in [0.2, 0.25) is 0 Å². The van der Waals surface area contributed by atoms with E-state index in [0.717, 1.165) is 0 Å². The third-order valence-electron chi connectivity index (χ3n) is 0. The Morgan fingerprint density at radius 3 is 0.750 bits per heavy atom. The predicted molar refractivity (Wildman–Crippen MR) is 7.23 cm³/mol. The van der Waals surface area contributed by atoms with E-state index < -0.39 is 0 Å². The molecule has 0 atom stereocenters. The van der Waals surface area contributed by atoms with Gasteiger partial charge in [0, 0.05) is 44.4 Å². The molecule has 0 aromatic carbocycles. The number of rotatable bonds is 0. The van der Waals surface area contributed by atoms with E-state index in [0.29, 0.717) is 0 Å². The van der Waals surface area contributed by atoms with Gasteiger partial charge in [0.15, 0.2) is 0 Å². The molecule has 29 valence electrons. The molecule has 0 amide bonds. The van der Waals surface area contributed by atoms with Crippen LogP contribution < -0.4 is 0 Å². The maximum Gasteiger partial charge on any atom is 0 e. The Labute approximate surface area is 55.2 Å². The maximum atomic E-state index is 0. The molecule has 0 heterocycles. The normalized spacial score (nSPS) is 0. The van der Waals surface area contributed by atoms with Crippen LogP contribution >= 0.6 is 0 Å². The summed E-state index contributed by atoms with van der Waals surface area (Å²) in [6.45, 7) is 0. The van der Waals surface area contributed by atoms with Crippen LogP contribution in [0.1, 0.15) is 0 Å². The standard InChI is InChI=1S/Cd.Cu.2H2O/h;;2*1H2. The fourth-order valence-corrected chi connectivity index (χ4v) is 0. The molecule has 0 bridgehead atoms. The summed E-state index contributed by atoms with van der Waals surface area (Å²) in [5.74, 6) is 0. The molecule has 1 radical (unpaired) electrons. The van der Waals surface area contributed by atoms with Gasteiger partial charge in [0.1, 0.15) is 0 Å². The van der Waals surface area contributed by atoms with Gasteiger partial charge in [-0.05, 0) is 0 Å². The molecule has 2 nitrogen and oxygen atoms in total. The molecule has 0 aromatic heterocycles. The van der Waals surface area contributed by atoms with Crippen LogP contribution in [0, 0.1) is 0 Å². The van der Waals surface area contributed by atoms with Gasteiger partial charge in [-0.15, -0.1) is 0 Å². The van der Waals surface area contributed by atoms with Crippen molar-refractivity contribution in [2.75, 3.05) is 0 Å². The molecule has 0 unspecified atom stereocenters. The van der Waals surface area contributed by atoms with Crippen LogP contribution in [0.5, 0.6) is 0 Å². The van der Waals surface area contributed by atoms with Crippen LogP contribution in [0.3, 0.4) is 0 Å². The summed E-state index contributed by atoms with van der Waals surface area (Å²) in [4.78, 5) is 0. The summed E-state index contributed by atoms with van der Waals surface area (Å²) >= 11 is 0. The zero-order chi connectivity index (χ0) is 0. The van der Waals surface area contributed by atoms with Crippen LogP contribution in [0.25, 0.3) is 0 Å². The first-order valence-electron chi connectivity index (χ1n) is 0. The summed E-state index contributed by atoms with van der Waals surface area (Å²) in [5, 5.41) is 0. The van der Waals surface area contributed by atoms with Gasteiger partial charge in [0.2, 0.25) is 0 Å². The van der Waals surface area contributed by atoms with Crippen LogP contribution in [-0.4, -0.2) is 11.0 Å². The molecule has 0 rings (SSSR count). The van der Waals surface area contributed by atoms with Gasteiger partial charge in [0.25, 0.3) is 0 Å². The molecule has 0 aliphatic carbocycles. The summed E-state index contributed by atoms with van der Waals surface area (Å²) in [6, 6.07) is 0. The first kappa shape index (κ1) is 55.0. The van der Waals surface area contributed by atoms with Gasteiger partial charge in [-0.1, -0.05) is 0 Å². The molecule has 4 N–H and O–H groups in total. The fraction of sp³-hybridized carbons (Fsp3) is 0. The second-order valence-corrected chi connectivity index (χ2v) is 0. The fourth-order valence-electron chi connectivity index (χ4n) is 0. The largest absolute Gasteiger partial charge is 0.412 e. The van der Waals surface area contributed by atoms with Crippen molar-refractivity contribution in [1.29, 1.82) is 0 Å². The van der Waals surface area contributed by atoms with E-state index in [-0.39, 0.29) is 55.3 Å². The van der Waals surface area contributed by atoms with Crippen molar-refractivity contribution in [3.05, 3.63) is 0 Å². The van der Waals surface area contributed by atoms with E-state index >= 15 is 0 Å². The molecule has 0 saturated carbocycles. The molecule has 0 aromatic rings. The van der Waals surface area contributed by atoms with Crippen LogP contribution in [0.4, 0.5) is 0 Å². The molecular weight excluding hydrogens is 208 g/mol. The van der Waals surface area contributed by atoms with Crippen LogP contribution in [0.15, 0.2) is 0 Å². The SMILES string of the molecule is O.O.[Cd].[Cu]. The van der Waals surface area contributed by atoms with Crippen molar-refractivity contribution in [3.63, 3.8) is 0 Å². The average Bonchev–Trinajstić information content (AvgIpc) is 0. The van der Waals surface area contributed by atoms with E-state index in [1.165, 1.54) is 0 Å². The Morgan fingerprint density at radius 1 is 0.750 bits per heavy atom. The van der Waals surface area contributed by atoms with Crippen molar-refractivity contribution in [1.82, 2.24) is 0 Å². The molecule has 0 saturated heterocycles. The minimum Gasteiger partial charge on any atom is -0.412 e. The third kappa shape index (κ3) is 10.1. The quantitative estimate of drug-likeness (QED) is 0.431. The first-order chi connectivity index (χ1) is 0. The van der Waals surface area contributed by atoms with E-state index in [1.54, 1.807) is 0 Å². The molecular formula is H4CdCuO2. The van der Waals surface area contributed by atoms with Gasteiger partial charge in [-0.2, -0.15) is 0 Å². The molecule has 4 heavy (non-hydrogen) atoms. The summed E-state index contributed by atoms with van der Waals surface area (Å²) in [5.41, 5.74) is 0. The van der Waals surface area contributed by atoms with Crippen molar-refractivity contribution in [3.8, 4) is 0 Å². The zero-order valence-electron chi connectivity index (χ0n) is 2.01. The second-order valence-electron chi connectivity index (χ2n) is 0. The summed E-state index contributed by atoms with van der Waals surface area (Å²) < 4.78 is 0. The summed E-state index contributed by atoms with van der Waals surface area (Å²) in [7, 11) is 0. The number of hydrogen-bond acceptors (Lipinski definition) is 0. The predicted octanol–water partition coefficient (Wildman–Crippen LogP) is -1.65. The van der Waals surface area contributed by atoms with Crippen molar-refractivity contribution >= 4 is 0 Å². The average molecular weight is 212 g/mol. The van der Waals surface area contributed by atoms with Crippen molar-refractivity contribution in [2.45, 2.75) is 0 Å². The summed E-state index contributed by atoms with van der Waals surface area (Å²) in [6.07, 6.45) is 0. The second kappa shape index (κ2) is 26.6. The van der Waals surface area contributed by atoms with Gasteiger partial charge < -0.3 is 11.0 Å². The van der Waals surface area contributed by atoms with Crippen molar-refractivity contribution < 1.29 is 55.3 Å². The monoisotopic (exact) mass is 213 g/mol. The maximum absolute atomic E-state index is 0. The number of hydrogen-bond donors (Lipinski definition) is 0. The van der Waals surface area contributed by atoms with Gasteiger partial charge in [-0.25, -0.2) is 0 Å².